The van der Waals surface area contributed by atoms with Crippen molar-refractivity contribution in [1.29, 1.82) is 0 Å². The molecular formula is C16H22N4O2. The fraction of sp³-hybridized carbons (Fsp3) is 0.562. The largest absolute Gasteiger partial charge is 0.501 e. The lowest BCUT2D eigenvalue weighted by atomic mass is 10.1. The van der Waals surface area contributed by atoms with Gasteiger partial charge in [0.25, 0.3) is 5.91 Å². The smallest absolute Gasteiger partial charge is 0.252 e. The number of carbonyl (C=O) groups is 1. The number of hydrogen-bond acceptors (Lipinski definition) is 5. The summed E-state index contributed by atoms with van der Waals surface area (Å²) in [7, 11) is 2.07. The molecular weight excluding hydrogens is 280 g/mol. The zero-order chi connectivity index (χ0) is 15.4. The average molecular weight is 302 g/mol. The Morgan fingerprint density at radius 2 is 2.27 bits per heavy atom. The molecule has 3 heterocycles. The summed E-state index contributed by atoms with van der Waals surface area (Å²) in [6.45, 7) is 3.00. The Kier molecular flexibility index (Phi) is 4.68. The molecule has 1 atom stereocenters. The maximum Gasteiger partial charge on any atom is 0.252 e. The van der Waals surface area contributed by atoms with Crippen molar-refractivity contribution < 1.29 is 9.53 Å². The summed E-state index contributed by atoms with van der Waals surface area (Å²) in [4.78, 5) is 25.1. The van der Waals surface area contributed by atoms with Crippen molar-refractivity contribution in [3.63, 3.8) is 0 Å². The van der Waals surface area contributed by atoms with Crippen LogP contribution in [-0.4, -0.2) is 58.5 Å². The Labute approximate surface area is 130 Å². The second-order valence-electron chi connectivity index (χ2n) is 5.89. The number of carbonyl (C=O) groups excluding carboxylic acids is 1. The van der Waals surface area contributed by atoms with Gasteiger partial charge in [0.1, 0.15) is 5.82 Å². The van der Waals surface area contributed by atoms with Gasteiger partial charge >= 0.3 is 0 Å². The molecule has 1 aromatic heterocycles. The molecule has 0 unspecified atom stereocenters. The third kappa shape index (κ3) is 3.44. The topological polar surface area (TPSA) is 58.6 Å². The van der Waals surface area contributed by atoms with Crippen molar-refractivity contribution in [3.05, 3.63) is 36.1 Å². The van der Waals surface area contributed by atoms with Crippen LogP contribution < -0.4 is 0 Å². The highest BCUT2D eigenvalue weighted by Gasteiger charge is 2.30. The molecule has 1 amide bonds. The van der Waals surface area contributed by atoms with Crippen LogP contribution >= 0.6 is 0 Å². The average Bonchev–Trinajstić information content (AvgIpc) is 3.06. The molecule has 1 aromatic rings. The van der Waals surface area contributed by atoms with Crippen molar-refractivity contribution in [3.8, 4) is 0 Å². The van der Waals surface area contributed by atoms with Crippen LogP contribution in [-0.2, 0) is 16.1 Å². The Balaban J connectivity index is 1.55. The van der Waals surface area contributed by atoms with E-state index in [4.69, 9.17) is 4.74 Å². The maximum atomic E-state index is 12.5. The van der Waals surface area contributed by atoms with E-state index in [9.17, 15) is 4.79 Å². The molecule has 1 saturated heterocycles. The number of ether oxygens (including phenoxy) is 1. The number of likely N-dealkylation sites (N-methyl/N-ethyl adjacent to an activating group) is 1. The van der Waals surface area contributed by atoms with Crippen LogP contribution in [0.4, 0.5) is 0 Å². The van der Waals surface area contributed by atoms with Crippen molar-refractivity contribution in [2.75, 3.05) is 26.7 Å². The van der Waals surface area contributed by atoms with E-state index < -0.39 is 0 Å². The maximum absolute atomic E-state index is 12.5. The molecule has 6 heteroatoms. The summed E-state index contributed by atoms with van der Waals surface area (Å²) in [5.74, 6) is 0.949. The third-order valence-corrected chi connectivity index (χ3v) is 4.29. The van der Waals surface area contributed by atoms with E-state index in [0.29, 0.717) is 12.6 Å². The first kappa shape index (κ1) is 15.0. The second kappa shape index (κ2) is 6.87. The van der Waals surface area contributed by atoms with Gasteiger partial charge in [0.05, 0.1) is 25.0 Å². The van der Waals surface area contributed by atoms with Gasteiger partial charge in [0, 0.05) is 31.5 Å². The van der Waals surface area contributed by atoms with E-state index in [1.54, 1.807) is 18.7 Å². The summed E-state index contributed by atoms with van der Waals surface area (Å²) >= 11 is 0. The fourth-order valence-electron chi connectivity index (χ4n) is 2.97. The molecule has 0 radical (unpaired) electrons. The van der Waals surface area contributed by atoms with Gasteiger partial charge in [-0.1, -0.05) is 0 Å². The molecule has 0 spiro atoms. The highest BCUT2D eigenvalue weighted by Crippen LogP contribution is 2.21. The van der Waals surface area contributed by atoms with Gasteiger partial charge in [0.15, 0.2) is 0 Å². The minimum atomic E-state index is 0.131. The van der Waals surface area contributed by atoms with Gasteiger partial charge in [-0.15, -0.1) is 0 Å². The number of rotatable bonds is 4. The first-order valence-corrected chi connectivity index (χ1v) is 7.80. The summed E-state index contributed by atoms with van der Waals surface area (Å²) in [6.07, 6.45) is 7.91. The second-order valence-corrected chi connectivity index (χ2v) is 5.89. The van der Waals surface area contributed by atoms with Crippen LogP contribution in [0.3, 0.4) is 0 Å². The Morgan fingerprint density at radius 1 is 1.45 bits per heavy atom. The number of likely N-dealkylation sites (tertiary alicyclic amines) is 1. The molecule has 3 rings (SSSR count). The standard InChI is InChI=1S/C16H22N4O2/c1-19(11-15-17-6-3-7-18-15)14-5-8-20(10-14)16(21)13-4-2-9-22-12-13/h3,6-7,12,14H,2,4-5,8-11H2,1H3/t14-/m1/s1. The molecule has 6 nitrogen and oxygen atoms in total. The van der Waals surface area contributed by atoms with Gasteiger partial charge in [0.2, 0.25) is 0 Å². The highest BCUT2D eigenvalue weighted by molar-refractivity contribution is 5.93. The Bertz CT molecular complexity index is 546. The quantitative estimate of drug-likeness (QED) is 0.836. The molecule has 2 aliphatic rings. The van der Waals surface area contributed by atoms with Gasteiger partial charge in [-0.05, 0) is 32.4 Å². The molecule has 0 bridgehead atoms. The van der Waals surface area contributed by atoms with Crippen molar-refractivity contribution in [2.24, 2.45) is 0 Å². The van der Waals surface area contributed by atoms with Gasteiger partial charge in [-0.3, -0.25) is 9.69 Å². The minimum Gasteiger partial charge on any atom is -0.501 e. The summed E-state index contributed by atoms with van der Waals surface area (Å²) < 4.78 is 5.28. The van der Waals surface area contributed by atoms with Gasteiger partial charge in [-0.2, -0.15) is 0 Å². The Hall–Kier alpha value is -1.95. The van der Waals surface area contributed by atoms with Crippen molar-refractivity contribution in [1.82, 2.24) is 19.8 Å². The van der Waals surface area contributed by atoms with E-state index in [-0.39, 0.29) is 5.91 Å². The monoisotopic (exact) mass is 302 g/mol. The van der Waals surface area contributed by atoms with Crippen LogP contribution in [0.1, 0.15) is 25.1 Å². The highest BCUT2D eigenvalue weighted by atomic mass is 16.5. The van der Waals surface area contributed by atoms with Crippen LogP contribution in [0, 0.1) is 0 Å². The fourth-order valence-corrected chi connectivity index (χ4v) is 2.97. The van der Waals surface area contributed by atoms with Crippen molar-refractivity contribution in [2.45, 2.75) is 31.8 Å². The van der Waals surface area contributed by atoms with Crippen LogP contribution in [0.5, 0.6) is 0 Å². The van der Waals surface area contributed by atoms with E-state index >= 15 is 0 Å². The first-order chi connectivity index (χ1) is 10.7. The predicted octanol–water partition coefficient (Wildman–Crippen LogP) is 1.20. The minimum absolute atomic E-state index is 0.131. The molecule has 22 heavy (non-hydrogen) atoms. The van der Waals surface area contributed by atoms with Crippen LogP contribution in [0.15, 0.2) is 30.3 Å². The molecule has 1 fully saturated rings. The lowest BCUT2D eigenvalue weighted by molar-refractivity contribution is -0.126. The number of hydrogen-bond donors (Lipinski definition) is 0. The van der Waals surface area contributed by atoms with E-state index in [1.165, 1.54) is 0 Å². The van der Waals surface area contributed by atoms with Gasteiger partial charge in [-0.25, -0.2) is 9.97 Å². The van der Waals surface area contributed by atoms with E-state index in [1.807, 2.05) is 11.0 Å². The number of amides is 1. The predicted molar refractivity (Wildman–Crippen MR) is 81.8 cm³/mol. The van der Waals surface area contributed by atoms with Crippen LogP contribution in [0.2, 0.25) is 0 Å². The van der Waals surface area contributed by atoms with Crippen molar-refractivity contribution >= 4 is 5.91 Å². The summed E-state index contributed by atoms with van der Waals surface area (Å²) in [5, 5.41) is 0. The van der Waals surface area contributed by atoms with E-state index in [0.717, 1.165) is 50.4 Å². The van der Waals surface area contributed by atoms with E-state index in [2.05, 4.69) is 21.9 Å². The zero-order valence-electron chi connectivity index (χ0n) is 12.9. The summed E-state index contributed by atoms with van der Waals surface area (Å²) in [5.41, 5.74) is 0.806. The lowest BCUT2D eigenvalue weighted by Crippen LogP contribution is -2.37. The van der Waals surface area contributed by atoms with Gasteiger partial charge < -0.3 is 9.64 Å². The normalized spacial score (nSPS) is 21.6. The molecule has 0 aliphatic carbocycles. The number of nitrogens with zero attached hydrogens (tertiary/aromatic N) is 4. The summed E-state index contributed by atoms with van der Waals surface area (Å²) in [6, 6.07) is 2.18. The SMILES string of the molecule is CN(Cc1ncccn1)[C@@H]1CCN(C(=O)C2=COCCC2)C1. The Morgan fingerprint density at radius 3 is 3.00 bits per heavy atom. The first-order valence-electron chi connectivity index (χ1n) is 7.80. The molecule has 118 valence electrons. The third-order valence-electron chi connectivity index (χ3n) is 4.29. The molecule has 0 aromatic carbocycles. The molecule has 2 aliphatic heterocycles. The van der Waals surface area contributed by atoms with Crippen LogP contribution in [0.25, 0.3) is 0 Å². The number of aromatic nitrogens is 2. The molecule has 0 N–H and O–H groups in total. The molecule has 0 saturated carbocycles. The zero-order valence-corrected chi connectivity index (χ0v) is 12.9. The lowest BCUT2D eigenvalue weighted by Gasteiger charge is -2.24.